The number of nitrogens with zero attached hydrogens (tertiary/aromatic N) is 1. The molecule has 1 N–H and O–H groups in total. The van der Waals surface area contributed by atoms with Crippen LogP contribution in [0.15, 0.2) is 18.2 Å². The zero-order chi connectivity index (χ0) is 11.0. The van der Waals surface area contributed by atoms with Gasteiger partial charge in [-0.1, -0.05) is 12.1 Å². The third-order valence-corrected chi connectivity index (χ3v) is 3.73. The maximum atomic E-state index is 3.55. The van der Waals surface area contributed by atoms with Gasteiger partial charge in [-0.15, -0.1) is 0 Å². The summed E-state index contributed by atoms with van der Waals surface area (Å²) in [6.45, 7) is 3.42. The van der Waals surface area contributed by atoms with Crippen LogP contribution in [0, 0.1) is 5.92 Å². The highest BCUT2D eigenvalue weighted by Crippen LogP contribution is 2.28. The Morgan fingerprint density at radius 3 is 3.06 bits per heavy atom. The van der Waals surface area contributed by atoms with Crippen LogP contribution in [0.3, 0.4) is 0 Å². The Balaban J connectivity index is 1.62. The lowest BCUT2D eigenvalue weighted by molar-refractivity contribution is 0.638. The molecule has 0 atom stereocenters. The van der Waals surface area contributed by atoms with E-state index in [2.05, 4.69) is 35.5 Å². The van der Waals surface area contributed by atoms with Gasteiger partial charge < -0.3 is 10.2 Å². The molecule has 2 heteroatoms. The fourth-order valence-electron chi connectivity index (χ4n) is 2.47. The van der Waals surface area contributed by atoms with Crippen LogP contribution in [0.1, 0.15) is 24.0 Å². The quantitative estimate of drug-likeness (QED) is 0.830. The van der Waals surface area contributed by atoms with E-state index in [0.29, 0.717) is 0 Å². The van der Waals surface area contributed by atoms with Gasteiger partial charge in [-0.25, -0.2) is 0 Å². The lowest BCUT2D eigenvalue weighted by Gasteiger charge is -2.12. The van der Waals surface area contributed by atoms with Crippen molar-refractivity contribution in [2.45, 2.75) is 25.8 Å². The highest BCUT2D eigenvalue weighted by atomic mass is 15.1. The van der Waals surface area contributed by atoms with Gasteiger partial charge in [-0.05, 0) is 48.9 Å². The topological polar surface area (TPSA) is 15.3 Å². The SMILES string of the molecule is CN1CCc2cc(CNCC3CC3)ccc21. The Bertz CT molecular complexity index is 382. The van der Waals surface area contributed by atoms with E-state index in [1.54, 1.807) is 0 Å². The summed E-state index contributed by atoms with van der Waals surface area (Å²) in [4.78, 5) is 2.34. The molecule has 0 amide bonds. The van der Waals surface area contributed by atoms with Crippen LogP contribution >= 0.6 is 0 Å². The predicted molar refractivity (Wildman–Crippen MR) is 67.8 cm³/mol. The zero-order valence-corrected chi connectivity index (χ0v) is 10.00. The van der Waals surface area contributed by atoms with Crippen molar-refractivity contribution < 1.29 is 0 Å². The Morgan fingerprint density at radius 2 is 2.25 bits per heavy atom. The molecule has 86 valence electrons. The van der Waals surface area contributed by atoms with E-state index < -0.39 is 0 Å². The second-order valence-electron chi connectivity index (χ2n) is 5.21. The predicted octanol–water partition coefficient (Wildman–Crippen LogP) is 2.18. The number of likely N-dealkylation sites (N-methyl/N-ethyl adjacent to an activating group) is 1. The van der Waals surface area contributed by atoms with E-state index in [1.165, 1.54) is 49.2 Å². The van der Waals surface area contributed by atoms with Crippen molar-refractivity contribution in [3.63, 3.8) is 0 Å². The molecule has 0 radical (unpaired) electrons. The maximum absolute atomic E-state index is 3.55. The Kier molecular flexibility index (Phi) is 2.60. The van der Waals surface area contributed by atoms with Gasteiger partial charge in [0, 0.05) is 25.8 Å². The Hall–Kier alpha value is -1.02. The van der Waals surface area contributed by atoms with Crippen molar-refractivity contribution in [3.05, 3.63) is 29.3 Å². The van der Waals surface area contributed by atoms with Crippen molar-refractivity contribution in [2.75, 3.05) is 25.0 Å². The molecule has 3 rings (SSSR count). The van der Waals surface area contributed by atoms with E-state index in [0.717, 1.165) is 12.5 Å². The van der Waals surface area contributed by atoms with Gasteiger partial charge in [0.05, 0.1) is 0 Å². The van der Waals surface area contributed by atoms with E-state index in [9.17, 15) is 0 Å². The van der Waals surface area contributed by atoms with Gasteiger partial charge >= 0.3 is 0 Å². The van der Waals surface area contributed by atoms with E-state index >= 15 is 0 Å². The monoisotopic (exact) mass is 216 g/mol. The number of benzene rings is 1. The standard InChI is InChI=1S/C14H20N2/c1-16-7-6-13-8-12(4-5-14(13)16)10-15-9-11-2-3-11/h4-5,8,11,15H,2-3,6-7,9-10H2,1H3. The van der Waals surface area contributed by atoms with Gasteiger partial charge in [-0.2, -0.15) is 0 Å². The second kappa shape index (κ2) is 4.10. The molecule has 1 heterocycles. The third kappa shape index (κ3) is 2.07. The van der Waals surface area contributed by atoms with E-state index in [4.69, 9.17) is 0 Å². The summed E-state index contributed by atoms with van der Waals surface area (Å²) in [5, 5.41) is 3.55. The van der Waals surface area contributed by atoms with Crippen LogP contribution in [0.2, 0.25) is 0 Å². The molecule has 1 aromatic carbocycles. The summed E-state index contributed by atoms with van der Waals surface area (Å²) in [6.07, 6.45) is 4.08. The van der Waals surface area contributed by atoms with Gasteiger partial charge in [0.1, 0.15) is 0 Å². The summed E-state index contributed by atoms with van der Waals surface area (Å²) < 4.78 is 0. The minimum Gasteiger partial charge on any atom is -0.374 e. The van der Waals surface area contributed by atoms with Crippen LogP contribution in [0.25, 0.3) is 0 Å². The van der Waals surface area contributed by atoms with Crippen molar-refractivity contribution in [3.8, 4) is 0 Å². The zero-order valence-electron chi connectivity index (χ0n) is 10.00. The highest BCUT2D eigenvalue weighted by Gasteiger charge is 2.20. The smallest absolute Gasteiger partial charge is 0.0397 e. The van der Waals surface area contributed by atoms with Crippen molar-refractivity contribution in [1.82, 2.24) is 5.32 Å². The number of nitrogens with one attached hydrogen (secondary N) is 1. The molecule has 1 saturated carbocycles. The van der Waals surface area contributed by atoms with Gasteiger partial charge in [0.15, 0.2) is 0 Å². The van der Waals surface area contributed by atoms with E-state index in [1.807, 2.05) is 0 Å². The first-order valence-electron chi connectivity index (χ1n) is 6.36. The first-order chi connectivity index (χ1) is 7.83. The third-order valence-electron chi connectivity index (χ3n) is 3.73. The average Bonchev–Trinajstić information content (AvgIpc) is 3.04. The fraction of sp³-hybridized carbons (Fsp3) is 0.571. The molecular weight excluding hydrogens is 196 g/mol. The lowest BCUT2D eigenvalue weighted by atomic mass is 10.1. The second-order valence-corrected chi connectivity index (χ2v) is 5.21. The molecule has 1 aliphatic carbocycles. The molecule has 1 aromatic rings. The van der Waals surface area contributed by atoms with Crippen molar-refractivity contribution >= 4 is 5.69 Å². The number of fused-ring (bicyclic) bond motifs is 1. The summed E-state index contributed by atoms with van der Waals surface area (Å²) in [7, 11) is 2.18. The molecule has 16 heavy (non-hydrogen) atoms. The van der Waals surface area contributed by atoms with Crippen LogP contribution in [-0.2, 0) is 13.0 Å². The molecule has 0 saturated heterocycles. The average molecular weight is 216 g/mol. The van der Waals surface area contributed by atoms with Gasteiger partial charge in [-0.3, -0.25) is 0 Å². The fourth-order valence-corrected chi connectivity index (χ4v) is 2.47. The number of rotatable bonds is 4. The molecular formula is C14H20N2. The summed E-state index contributed by atoms with van der Waals surface area (Å²) >= 11 is 0. The highest BCUT2D eigenvalue weighted by molar-refractivity contribution is 5.58. The largest absolute Gasteiger partial charge is 0.374 e. The molecule has 0 bridgehead atoms. The van der Waals surface area contributed by atoms with E-state index in [-0.39, 0.29) is 0 Å². The molecule has 2 aliphatic rings. The van der Waals surface area contributed by atoms with Crippen LogP contribution < -0.4 is 10.2 Å². The molecule has 2 nitrogen and oxygen atoms in total. The Labute approximate surface area is 97.6 Å². The molecule has 0 unspecified atom stereocenters. The van der Waals surface area contributed by atoms with Crippen molar-refractivity contribution in [2.24, 2.45) is 5.92 Å². The lowest BCUT2D eigenvalue weighted by Crippen LogP contribution is -2.16. The minimum atomic E-state index is 0.973. The summed E-state index contributed by atoms with van der Waals surface area (Å²) in [5.41, 5.74) is 4.38. The summed E-state index contributed by atoms with van der Waals surface area (Å²) in [5.74, 6) is 0.973. The first kappa shape index (κ1) is 10.2. The number of anilines is 1. The van der Waals surface area contributed by atoms with Crippen LogP contribution in [-0.4, -0.2) is 20.1 Å². The molecule has 1 aliphatic heterocycles. The molecule has 1 fully saturated rings. The summed E-state index contributed by atoms with van der Waals surface area (Å²) in [6, 6.07) is 6.91. The van der Waals surface area contributed by atoms with Gasteiger partial charge in [0.2, 0.25) is 0 Å². The van der Waals surface area contributed by atoms with Crippen molar-refractivity contribution in [1.29, 1.82) is 0 Å². The number of hydrogen-bond donors (Lipinski definition) is 1. The first-order valence-corrected chi connectivity index (χ1v) is 6.36. The van der Waals surface area contributed by atoms with Crippen LogP contribution in [0.5, 0.6) is 0 Å². The minimum absolute atomic E-state index is 0.973. The number of hydrogen-bond acceptors (Lipinski definition) is 2. The Morgan fingerprint density at radius 1 is 1.38 bits per heavy atom. The van der Waals surface area contributed by atoms with Gasteiger partial charge in [0.25, 0.3) is 0 Å². The molecule has 0 spiro atoms. The normalized spacial score (nSPS) is 18.9. The maximum Gasteiger partial charge on any atom is 0.0397 e. The molecule has 0 aromatic heterocycles. The van der Waals surface area contributed by atoms with Crippen LogP contribution in [0.4, 0.5) is 5.69 Å².